The molecule has 0 aromatic carbocycles. The Balaban J connectivity index is 2.95. The Morgan fingerprint density at radius 1 is 1.50 bits per heavy atom. The summed E-state index contributed by atoms with van der Waals surface area (Å²) >= 11 is 5.69. The molecule has 0 atom stereocenters. The number of rotatable bonds is 0. The molecular formula is C5H3ClN4. The zero-order chi connectivity index (χ0) is 6.97. The summed E-state index contributed by atoms with van der Waals surface area (Å²) in [5.74, 6) is 0. The molecule has 0 amide bonds. The van der Waals surface area contributed by atoms with Crippen molar-refractivity contribution in [2.24, 2.45) is 0 Å². The summed E-state index contributed by atoms with van der Waals surface area (Å²) in [5, 5.41) is 4.28. The van der Waals surface area contributed by atoms with Crippen molar-refractivity contribution in [2.75, 3.05) is 0 Å². The largest absolute Gasteiger partial charge is 0.242 e. The lowest BCUT2D eigenvalue weighted by Crippen LogP contribution is -1.90. The second kappa shape index (κ2) is 1.91. The maximum absolute atomic E-state index is 5.69. The minimum absolute atomic E-state index is 0.424. The Morgan fingerprint density at radius 3 is 3.20 bits per heavy atom. The quantitative estimate of drug-likeness (QED) is 0.563. The summed E-state index contributed by atoms with van der Waals surface area (Å²) < 4.78 is 1.56. The first-order valence-electron chi connectivity index (χ1n) is 2.67. The molecule has 0 aliphatic carbocycles. The van der Waals surface area contributed by atoms with E-state index in [1.807, 2.05) is 0 Å². The van der Waals surface area contributed by atoms with E-state index in [9.17, 15) is 0 Å². The molecule has 50 valence electrons. The highest BCUT2D eigenvalue weighted by Crippen LogP contribution is 2.09. The first kappa shape index (κ1) is 5.61. The number of aromatic nitrogens is 4. The molecular weight excluding hydrogens is 152 g/mol. The molecule has 0 saturated heterocycles. The van der Waals surface area contributed by atoms with Gasteiger partial charge in [0.05, 0.1) is 6.20 Å². The van der Waals surface area contributed by atoms with Gasteiger partial charge in [-0.2, -0.15) is 5.10 Å². The van der Waals surface area contributed by atoms with Gasteiger partial charge in [-0.1, -0.05) is 11.6 Å². The van der Waals surface area contributed by atoms with Crippen LogP contribution in [0.5, 0.6) is 0 Å². The number of nitrogens with zero attached hydrogens (tertiary/aromatic N) is 4. The molecule has 0 saturated carbocycles. The van der Waals surface area contributed by atoms with Crippen molar-refractivity contribution in [3.8, 4) is 0 Å². The zero-order valence-corrected chi connectivity index (χ0v) is 5.65. The van der Waals surface area contributed by atoms with Gasteiger partial charge in [0.15, 0.2) is 5.15 Å². The lowest BCUT2D eigenvalue weighted by molar-refractivity contribution is 0.892. The Hall–Kier alpha value is -1.16. The van der Waals surface area contributed by atoms with Crippen molar-refractivity contribution < 1.29 is 0 Å². The number of hydrogen-bond donors (Lipinski definition) is 0. The van der Waals surface area contributed by atoms with E-state index in [0.717, 1.165) is 5.52 Å². The van der Waals surface area contributed by atoms with Crippen molar-refractivity contribution in [2.45, 2.75) is 0 Å². The number of imidazole rings is 1. The first-order chi connectivity index (χ1) is 4.88. The Morgan fingerprint density at radius 2 is 2.40 bits per heavy atom. The fraction of sp³-hybridized carbons (Fsp3) is 0. The SMILES string of the molecule is Clc1ncnn2cncc12. The van der Waals surface area contributed by atoms with Gasteiger partial charge in [0.2, 0.25) is 0 Å². The molecule has 2 aromatic heterocycles. The lowest BCUT2D eigenvalue weighted by Gasteiger charge is -1.90. The van der Waals surface area contributed by atoms with Crippen LogP contribution in [0, 0.1) is 0 Å². The molecule has 0 fully saturated rings. The van der Waals surface area contributed by atoms with E-state index in [-0.39, 0.29) is 0 Å². The third-order valence-corrected chi connectivity index (χ3v) is 1.47. The Kier molecular flexibility index (Phi) is 1.07. The highest BCUT2D eigenvalue weighted by Gasteiger charge is 1.97. The molecule has 0 bridgehead atoms. The number of hydrogen-bond acceptors (Lipinski definition) is 3. The average Bonchev–Trinajstić information content (AvgIpc) is 2.36. The summed E-state index contributed by atoms with van der Waals surface area (Å²) in [6, 6.07) is 0. The molecule has 0 aliphatic rings. The summed E-state index contributed by atoms with van der Waals surface area (Å²) in [4.78, 5) is 7.61. The van der Waals surface area contributed by atoms with Gasteiger partial charge < -0.3 is 0 Å². The predicted octanol–water partition coefficient (Wildman–Crippen LogP) is 0.778. The summed E-state index contributed by atoms with van der Waals surface area (Å²) in [7, 11) is 0. The van der Waals surface area contributed by atoms with Crippen LogP contribution in [0.3, 0.4) is 0 Å². The van der Waals surface area contributed by atoms with Gasteiger partial charge in [-0.15, -0.1) is 0 Å². The predicted molar refractivity (Wildman–Crippen MR) is 35.8 cm³/mol. The van der Waals surface area contributed by atoms with Gasteiger partial charge >= 0.3 is 0 Å². The molecule has 0 radical (unpaired) electrons. The van der Waals surface area contributed by atoms with Gasteiger partial charge in [0.25, 0.3) is 0 Å². The van der Waals surface area contributed by atoms with Crippen LogP contribution in [0.25, 0.3) is 5.52 Å². The van der Waals surface area contributed by atoms with Crippen molar-refractivity contribution in [3.63, 3.8) is 0 Å². The molecule has 0 unspecified atom stereocenters. The van der Waals surface area contributed by atoms with Gasteiger partial charge in [-0.05, 0) is 0 Å². The molecule has 0 N–H and O–H groups in total. The van der Waals surface area contributed by atoms with Crippen LogP contribution in [0.15, 0.2) is 18.9 Å². The van der Waals surface area contributed by atoms with Gasteiger partial charge in [-0.3, -0.25) is 0 Å². The second-order valence-electron chi connectivity index (χ2n) is 1.77. The van der Waals surface area contributed by atoms with Crippen LogP contribution < -0.4 is 0 Å². The van der Waals surface area contributed by atoms with E-state index in [4.69, 9.17) is 11.6 Å². The maximum Gasteiger partial charge on any atom is 0.158 e. The minimum Gasteiger partial charge on any atom is -0.242 e. The summed E-state index contributed by atoms with van der Waals surface area (Å²) in [6.07, 6.45) is 4.57. The van der Waals surface area contributed by atoms with E-state index < -0.39 is 0 Å². The third kappa shape index (κ3) is 0.657. The highest BCUT2D eigenvalue weighted by atomic mass is 35.5. The first-order valence-corrected chi connectivity index (χ1v) is 3.04. The van der Waals surface area contributed by atoms with Crippen molar-refractivity contribution in [1.29, 1.82) is 0 Å². The smallest absolute Gasteiger partial charge is 0.158 e. The van der Waals surface area contributed by atoms with Gasteiger partial charge in [0.1, 0.15) is 18.2 Å². The van der Waals surface area contributed by atoms with E-state index in [2.05, 4.69) is 15.1 Å². The van der Waals surface area contributed by atoms with Crippen LogP contribution in [-0.4, -0.2) is 19.6 Å². The van der Waals surface area contributed by atoms with Crippen molar-refractivity contribution >= 4 is 17.1 Å². The normalized spacial score (nSPS) is 10.5. The second-order valence-corrected chi connectivity index (χ2v) is 2.13. The molecule has 0 aliphatic heterocycles. The molecule has 2 rings (SSSR count). The zero-order valence-electron chi connectivity index (χ0n) is 4.90. The van der Waals surface area contributed by atoms with E-state index in [1.54, 1.807) is 17.0 Å². The third-order valence-electron chi connectivity index (χ3n) is 1.18. The number of fused-ring (bicyclic) bond motifs is 1. The summed E-state index contributed by atoms with van der Waals surface area (Å²) in [5.41, 5.74) is 0.726. The Labute approximate surface area is 61.5 Å². The van der Waals surface area contributed by atoms with E-state index >= 15 is 0 Å². The maximum atomic E-state index is 5.69. The van der Waals surface area contributed by atoms with Gasteiger partial charge in [0, 0.05) is 0 Å². The van der Waals surface area contributed by atoms with Crippen LogP contribution in [0.2, 0.25) is 5.15 Å². The topological polar surface area (TPSA) is 43.1 Å². The molecule has 2 aromatic rings. The lowest BCUT2D eigenvalue weighted by atomic mass is 10.6. The fourth-order valence-electron chi connectivity index (χ4n) is 0.727. The van der Waals surface area contributed by atoms with Crippen molar-refractivity contribution in [3.05, 3.63) is 24.0 Å². The molecule has 0 spiro atoms. The Bertz CT molecular complexity index is 355. The van der Waals surface area contributed by atoms with E-state index in [0.29, 0.717) is 5.15 Å². The van der Waals surface area contributed by atoms with Crippen LogP contribution in [-0.2, 0) is 0 Å². The van der Waals surface area contributed by atoms with Crippen LogP contribution in [0.1, 0.15) is 0 Å². The highest BCUT2D eigenvalue weighted by molar-refractivity contribution is 6.32. The van der Waals surface area contributed by atoms with Gasteiger partial charge in [-0.25, -0.2) is 14.5 Å². The molecule has 4 nitrogen and oxygen atoms in total. The van der Waals surface area contributed by atoms with Crippen molar-refractivity contribution in [1.82, 2.24) is 19.6 Å². The standard InChI is InChI=1S/C5H3ClN4/c6-5-4-1-7-3-10(4)9-2-8-5/h1-3H. The monoisotopic (exact) mass is 154 g/mol. The van der Waals surface area contributed by atoms with Crippen LogP contribution in [0.4, 0.5) is 0 Å². The summed E-state index contributed by atoms with van der Waals surface area (Å²) in [6.45, 7) is 0. The number of halogens is 1. The minimum atomic E-state index is 0.424. The van der Waals surface area contributed by atoms with Crippen LogP contribution >= 0.6 is 11.6 Å². The average molecular weight is 155 g/mol. The molecule has 5 heteroatoms. The molecule has 2 heterocycles. The fourth-order valence-corrected chi connectivity index (χ4v) is 0.906. The van der Waals surface area contributed by atoms with E-state index in [1.165, 1.54) is 6.33 Å². The molecule has 10 heavy (non-hydrogen) atoms.